The van der Waals surface area contributed by atoms with Crippen molar-refractivity contribution in [1.82, 2.24) is 14.9 Å². The van der Waals surface area contributed by atoms with Crippen LogP contribution in [0.5, 0.6) is 0 Å². The van der Waals surface area contributed by atoms with Crippen molar-refractivity contribution >= 4 is 11.7 Å². The Balaban J connectivity index is 1.35. The summed E-state index contributed by atoms with van der Waals surface area (Å²) >= 11 is 0. The highest BCUT2D eigenvalue weighted by atomic mass is 16.2. The van der Waals surface area contributed by atoms with Gasteiger partial charge >= 0.3 is 0 Å². The molecule has 1 aliphatic carbocycles. The van der Waals surface area contributed by atoms with Gasteiger partial charge in [0.1, 0.15) is 5.82 Å². The molecule has 5 heteroatoms. The molecule has 1 aromatic heterocycles. The molecule has 2 aromatic rings. The molecular weight excluding hydrogens is 312 g/mol. The van der Waals surface area contributed by atoms with Crippen molar-refractivity contribution in [2.24, 2.45) is 5.92 Å². The highest BCUT2D eigenvalue weighted by molar-refractivity contribution is 5.79. The molecule has 0 saturated carbocycles. The number of hydrogen-bond donors (Lipinski definition) is 0. The minimum atomic E-state index is 0.127. The lowest BCUT2D eigenvalue weighted by Crippen LogP contribution is -2.45. The van der Waals surface area contributed by atoms with Gasteiger partial charge in [-0.3, -0.25) is 9.78 Å². The Morgan fingerprint density at radius 1 is 1.12 bits per heavy atom. The SMILES string of the molecule is CN(C(=O)C1CCN(c2cnccn2)CC1)C1Cc2ccccc2C1. The van der Waals surface area contributed by atoms with Crippen molar-refractivity contribution in [2.75, 3.05) is 25.0 Å². The average Bonchev–Trinajstić information content (AvgIpc) is 3.12. The third-order valence-corrected chi connectivity index (χ3v) is 5.64. The molecule has 5 nitrogen and oxygen atoms in total. The van der Waals surface area contributed by atoms with Gasteiger partial charge in [0.15, 0.2) is 0 Å². The number of benzene rings is 1. The van der Waals surface area contributed by atoms with Crippen LogP contribution < -0.4 is 4.90 Å². The third kappa shape index (κ3) is 3.23. The Hall–Kier alpha value is -2.43. The highest BCUT2D eigenvalue weighted by Crippen LogP contribution is 2.28. The molecule has 0 unspecified atom stereocenters. The van der Waals surface area contributed by atoms with Crippen molar-refractivity contribution in [3.63, 3.8) is 0 Å². The van der Waals surface area contributed by atoms with E-state index in [1.165, 1.54) is 11.1 Å². The monoisotopic (exact) mass is 336 g/mol. The summed E-state index contributed by atoms with van der Waals surface area (Å²) in [6.45, 7) is 1.74. The van der Waals surface area contributed by atoms with Crippen molar-refractivity contribution in [3.05, 3.63) is 54.0 Å². The second kappa shape index (κ2) is 6.82. The molecule has 0 spiro atoms. The summed E-state index contributed by atoms with van der Waals surface area (Å²) in [5, 5.41) is 0. The fourth-order valence-corrected chi connectivity index (χ4v) is 4.09. The molecule has 1 aliphatic heterocycles. The highest BCUT2D eigenvalue weighted by Gasteiger charge is 2.33. The molecule has 0 atom stereocenters. The quantitative estimate of drug-likeness (QED) is 0.863. The molecule has 25 heavy (non-hydrogen) atoms. The van der Waals surface area contributed by atoms with Gasteiger partial charge in [0.25, 0.3) is 0 Å². The maximum atomic E-state index is 13.0. The largest absolute Gasteiger partial charge is 0.355 e. The summed E-state index contributed by atoms with van der Waals surface area (Å²) in [6.07, 6.45) is 8.95. The van der Waals surface area contributed by atoms with Crippen LogP contribution in [0.2, 0.25) is 0 Å². The molecule has 1 amide bonds. The van der Waals surface area contributed by atoms with Gasteiger partial charge in [-0.25, -0.2) is 4.98 Å². The lowest BCUT2D eigenvalue weighted by atomic mass is 9.94. The van der Waals surface area contributed by atoms with Gasteiger partial charge in [-0.05, 0) is 36.8 Å². The van der Waals surface area contributed by atoms with Crippen LogP contribution in [0.25, 0.3) is 0 Å². The summed E-state index contributed by atoms with van der Waals surface area (Å²) in [6, 6.07) is 8.86. The fraction of sp³-hybridized carbons (Fsp3) is 0.450. The molecule has 2 heterocycles. The number of hydrogen-bond acceptors (Lipinski definition) is 4. The van der Waals surface area contributed by atoms with E-state index in [1.54, 1.807) is 18.6 Å². The summed E-state index contributed by atoms with van der Waals surface area (Å²) in [5.74, 6) is 1.34. The average molecular weight is 336 g/mol. The van der Waals surface area contributed by atoms with E-state index in [0.717, 1.165) is 44.6 Å². The Morgan fingerprint density at radius 2 is 1.80 bits per heavy atom. The number of aromatic nitrogens is 2. The molecular formula is C20H24N4O. The van der Waals surface area contributed by atoms with E-state index in [0.29, 0.717) is 11.9 Å². The molecule has 0 radical (unpaired) electrons. The van der Waals surface area contributed by atoms with Crippen molar-refractivity contribution in [1.29, 1.82) is 0 Å². The van der Waals surface area contributed by atoms with Gasteiger partial charge in [-0.1, -0.05) is 24.3 Å². The third-order valence-electron chi connectivity index (χ3n) is 5.64. The van der Waals surface area contributed by atoms with Crippen LogP contribution in [0.1, 0.15) is 24.0 Å². The predicted molar refractivity (Wildman–Crippen MR) is 97.4 cm³/mol. The Labute approximate surface area is 148 Å². The molecule has 2 aliphatic rings. The second-order valence-electron chi connectivity index (χ2n) is 7.10. The van der Waals surface area contributed by atoms with Crippen molar-refractivity contribution in [2.45, 2.75) is 31.7 Å². The first-order chi connectivity index (χ1) is 12.2. The van der Waals surface area contributed by atoms with Crippen LogP contribution in [0.3, 0.4) is 0 Å². The first-order valence-corrected chi connectivity index (χ1v) is 9.07. The first-order valence-electron chi connectivity index (χ1n) is 9.07. The van der Waals surface area contributed by atoms with E-state index >= 15 is 0 Å². The smallest absolute Gasteiger partial charge is 0.225 e. The first kappa shape index (κ1) is 16.1. The summed E-state index contributed by atoms with van der Waals surface area (Å²) < 4.78 is 0. The minimum Gasteiger partial charge on any atom is -0.355 e. The van der Waals surface area contributed by atoms with E-state index in [-0.39, 0.29) is 5.92 Å². The number of nitrogens with zero attached hydrogens (tertiary/aromatic N) is 4. The maximum Gasteiger partial charge on any atom is 0.225 e. The molecule has 0 N–H and O–H groups in total. The van der Waals surface area contributed by atoms with Crippen LogP contribution >= 0.6 is 0 Å². The minimum absolute atomic E-state index is 0.127. The van der Waals surface area contributed by atoms with E-state index < -0.39 is 0 Å². The lowest BCUT2D eigenvalue weighted by molar-refractivity contribution is -0.136. The van der Waals surface area contributed by atoms with Crippen molar-refractivity contribution < 1.29 is 4.79 Å². The fourth-order valence-electron chi connectivity index (χ4n) is 4.09. The van der Waals surface area contributed by atoms with Crippen LogP contribution in [0, 0.1) is 5.92 Å². The van der Waals surface area contributed by atoms with E-state index in [2.05, 4.69) is 39.1 Å². The Morgan fingerprint density at radius 3 is 2.40 bits per heavy atom. The van der Waals surface area contributed by atoms with Gasteiger partial charge < -0.3 is 9.80 Å². The van der Waals surface area contributed by atoms with Gasteiger partial charge in [0.2, 0.25) is 5.91 Å². The van der Waals surface area contributed by atoms with Crippen molar-refractivity contribution in [3.8, 4) is 0 Å². The van der Waals surface area contributed by atoms with Crippen LogP contribution in [-0.4, -0.2) is 47.0 Å². The number of anilines is 1. The van der Waals surface area contributed by atoms with E-state index in [1.807, 2.05) is 11.9 Å². The Kier molecular flexibility index (Phi) is 4.38. The van der Waals surface area contributed by atoms with E-state index in [4.69, 9.17) is 0 Å². The normalized spacial score (nSPS) is 18.2. The predicted octanol–water partition coefficient (Wildman–Crippen LogP) is 2.32. The molecule has 1 fully saturated rings. The van der Waals surface area contributed by atoms with Gasteiger partial charge in [0, 0.05) is 44.5 Å². The zero-order chi connectivity index (χ0) is 17.2. The summed E-state index contributed by atoms with van der Waals surface area (Å²) in [4.78, 5) is 25.7. The molecule has 1 saturated heterocycles. The summed E-state index contributed by atoms with van der Waals surface area (Å²) in [5.41, 5.74) is 2.79. The van der Waals surface area contributed by atoms with Gasteiger partial charge in [-0.2, -0.15) is 0 Å². The number of rotatable bonds is 3. The standard InChI is InChI=1S/C20H24N4O/c1-23(18-12-16-4-2-3-5-17(16)13-18)20(25)15-6-10-24(11-7-15)19-14-21-8-9-22-19/h2-5,8-9,14-15,18H,6-7,10-13H2,1H3. The zero-order valence-corrected chi connectivity index (χ0v) is 14.6. The van der Waals surface area contributed by atoms with E-state index in [9.17, 15) is 4.79 Å². The van der Waals surface area contributed by atoms with Crippen LogP contribution in [0.15, 0.2) is 42.9 Å². The maximum absolute atomic E-state index is 13.0. The lowest BCUT2D eigenvalue weighted by Gasteiger charge is -2.35. The number of carbonyl (C=O) groups excluding carboxylic acids is 1. The molecule has 4 rings (SSSR count). The number of carbonyl (C=O) groups is 1. The molecule has 0 bridgehead atoms. The number of likely N-dealkylation sites (N-methyl/N-ethyl adjacent to an activating group) is 1. The van der Waals surface area contributed by atoms with Crippen LogP contribution in [0.4, 0.5) is 5.82 Å². The summed E-state index contributed by atoms with van der Waals surface area (Å²) in [7, 11) is 1.98. The van der Waals surface area contributed by atoms with Gasteiger partial charge in [-0.15, -0.1) is 0 Å². The Bertz CT molecular complexity index is 715. The molecule has 1 aromatic carbocycles. The topological polar surface area (TPSA) is 49.3 Å². The van der Waals surface area contributed by atoms with Gasteiger partial charge in [0.05, 0.1) is 6.20 Å². The second-order valence-corrected chi connectivity index (χ2v) is 7.10. The number of amides is 1. The zero-order valence-electron chi connectivity index (χ0n) is 14.6. The number of fused-ring (bicyclic) bond motifs is 1. The number of piperidine rings is 1. The van der Waals surface area contributed by atoms with Crippen LogP contribution in [-0.2, 0) is 17.6 Å². The molecule has 130 valence electrons.